The number of rotatable bonds is 4. The van der Waals surface area contributed by atoms with Crippen molar-refractivity contribution in [1.82, 2.24) is 24.2 Å². The van der Waals surface area contributed by atoms with Gasteiger partial charge in [0.25, 0.3) is 0 Å². The highest BCUT2D eigenvalue weighted by atomic mass is 32.1. The number of urea groups is 1. The Labute approximate surface area is 168 Å². The molecule has 1 N–H and O–H groups in total. The molecule has 0 saturated heterocycles. The number of nitrogens with one attached hydrogen (secondary N) is 1. The third kappa shape index (κ3) is 3.29. The number of amides is 2. The Hall–Kier alpha value is -3.06. The van der Waals surface area contributed by atoms with Gasteiger partial charge in [0.1, 0.15) is 11.3 Å². The van der Waals surface area contributed by atoms with Crippen LogP contribution < -0.4 is 5.32 Å². The molecule has 0 radical (unpaired) electrons. The van der Waals surface area contributed by atoms with E-state index in [9.17, 15) is 4.79 Å². The van der Waals surface area contributed by atoms with E-state index in [0.29, 0.717) is 13.1 Å². The molecule has 2 amide bonds. The van der Waals surface area contributed by atoms with Crippen molar-refractivity contribution in [2.75, 3.05) is 13.6 Å². The van der Waals surface area contributed by atoms with Gasteiger partial charge in [-0.3, -0.25) is 9.29 Å². The summed E-state index contributed by atoms with van der Waals surface area (Å²) in [6, 6.07) is 17.9. The van der Waals surface area contributed by atoms with E-state index in [0.717, 1.165) is 39.0 Å². The number of hydrogen-bond donors (Lipinski definition) is 2. The summed E-state index contributed by atoms with van der Waals surface area (Å²) in [5.74, 6) is 0.866. The number of benzene rings is 2. The molecular weight excluding hydrogens is 370 g/mol. The van der Waals surface area contributed by atoms with Crippen LogP contribution in [0.15, 0.2) is 54.6 Å². The van der Waals surface area contributed by atoms with Crippen molar-refractivity contribution in [2.45, 2.75) is 13.5 Å². The smallest absolute Gasteiger partial charge is 0.327 e. The number of aryl methyl sites for hydroxylation is 1. The zero-order valence-corrected chi connectivity index (χ0v) is 16.6. The van der Waals surface area contributed by atoms with Gasteiger partial charge in [-0.25, -0.2) is 9.78 Å². The van der Waals surface area contributed by atoms with Crippen LogP contribution in [0.4, 0.5) is 4.79 Å². The Morgan fingerprint density at radius 3 is 2.57 bits per heavy atom. The number of thiol groups is 1. The monoisotopic (exact) mass is 391 g/mol. The van der Waals surface area contributed by atoms with Crippen LogP contribution in [0, 0.1) is 6.92 Å². The van der Waals surface area contributed by atoms with E-state index in [1.807, 2.05) is 55.5 Å². The standard InChI is InChI=1S/C21H21N5OS/c1-14-18-19(16-10-6-7-11-17(16)23-14)26(13-12-22-21(27)25(2)28)20(24-18)15-8-4-3-5-9-15/h3-11,28H,12-13H2,1-2H3,(H,22,27). The number of hydrogen-bond acceptors (Lipinski definition) is 4. The molecule has 0 spiro atoms. The molecule has 0 aliphatic rings. The quantitative estimate of drug-likeness (QED) is 0.516. The minimum Gasteiger partial charge on any atom is -0.335 e. The van der Waals surface area contributed by atoms with Crippen molar-refractivity contribution in [2.24, 2.45) is 0 Å². The number of nitrogens with zero attached hydrogens (tertiary/aromatic N) is 4. The maximum absolute atomic E-state index is 11.9. The lowest BCUT2D eigenvalue weighted by Gasteiger charge is -2.14. The first-order valence-electron chi connectivity index (χ1n) is 9.07. The minimum atomic E-state index is -0.239. The first-order valence-corrected chi connectivity index (χ1v) is 9.47. The molecule has 2 aromatic carbocycles. The Morgan fingerprint density at radius 1 is 1.11 bits per heavy atom. The highest BCUT2D eigenvalue weighted by Crippen LogP contribution is 2.31. The first kappa shape index (κ1) is 18.3. The van der Waals surface area contributed by atoms with E-state index in [1.165, 1.54) is 4.31 Å². The number of para-hydroxylation sites is 1. The molecule has 0 unspecified atom stereocenters. The van der Waals surface area contributed by atoms with E-state index in [4.69, 9.17) is 9.97 Å². The second-order valence-electron chi connectivity index (χ2n) is 6.62. The van der Waals surface area contributed by atoms with Crippen LogP contribution in [-0.2, 0) is 6.54 Å². The van der Waals surface area contributed by atoms with Gasteiger partial charge < -0.3 is 9.88 Å². The number of pyridine rings is 1. The SMILES string of the molecule is Cc1nc2ccccc2c2c1nc(-c1ccccc1)n2CCNC(=O)N(C)S. The van der Waals surface area contributed by atoms with E-state index in [-0.39, 0.29) is 6.03 Å². The summed E-state index contributed by atoms with van der Waals surface area (Å²) in [6.07, 6.45) is 0. The largest absolute Gasteiger partial charge is 0.335 e. The number of carbonyl (C=O) groups is 1. The fraction of sp³-hybridized carbons (Fsp3) is 0.190. The number of imidazole rings is 1. The lowest BCUT2D eigenvalue weighted by molar-refractivity contribution is 0.230. The van der Waals surface area contributed by atoms with Crippen LogP contribution in [0.25, 0.3) is 33.3 Å². The van der Waals surface area contributed by atoms with Gasteiger partial charge in [-0.2, -0.15) is 0 Å². The average Bonchev–Trinajstić information content (AvgIpc) is 3.09. The van der Waals surface area contributed by atoms with Gasteiger partial charge in [-0.15, -0.1) is 0 Å². The Kier molecular flexibility index (Phi) is 4.92. The van der Waals surface area contributed by atoms with Crippen LogP contribution in [0.3, 0.4) is 0 Å². The molecule has 0 atom stereocenters. The molecule has 2 aromatic heterocycles. The molecule has 2 heterocycles. The van der Waals surface area contributed by atoms with E-state index in [1.54, 1.807) is 7.05 Å². The van der Waals surface area contributed by atoms with E-state index >= 15 is 0 Å². The summed E-state index contributed by atoms with van der Waals surface area (Å²) in [6.45, 7) is 3.03. The van der Waals surface area contributed by atoms with Gasteiger partial charge >= 0.3 is 6.03 Å². The van der Waals surface area contributed by atoms with Crippen LogP contribution in [0.1, 0.15) is 5.69 Å². The van der Waals surface area contributed by atoms with Gasteiger partial charge in [0, 0.05) is 31.1 Å². The van der Waals surface area contributed by atoms with Crippen molar-refractivity contribution >= 4 is 40.8 Å². The molecular formula is C21H21N5OS. The molecule has 0 saturated carbocycles. The fourth-order valence-corrected chi connectivity index (χ4v) is 3.47. The minimum absolute atomic E-state index is 0.239. The zero-order valence-electron chi connectivity index (χ0n) is 15.8. The molecule has 0 bridgehead atoms. The topological polar surface area (TPSA) is 63.1 Å². The Bertz CT molecular complexity index is 1150. The maximum Gasteiger partial charge on any atom is 0.327 e. The summed E-state index contributed by atoms with van der Waals surface area (Å²) in [5.41, 5.74) is 4.78. The van der Waals surface area contributed by atoms with Gasteiger partial charge in [-0.05, 0) is 13.0 Å². The Balaban J connectivity index is 1.89. The predicted octanol–water partition coefficient (Wildman–Crippen LogP) is 4.05. The Morgan fingerprint density at radius 2 is 1.82 bits per heavy atom. The molecule has 0 fully saturated rings. The maximum atomic E-state index is 11.9. The first-order chi connectivity index (χ1) is 13.6. The number of fused-ring (bicyclic) bond motifs is 3. The molecule has 4 rings (SSSR count). The van der Waals surface area contributed by atoms with Gasteiger partial charge in [0.2, 0.25) is 0 Å². The van der Waals surface area contributed by atoms with Crippen LogP contribution in [0.2, 0.25) is 0 Å². The fourth-order valence-electron chi connectivity index (χ4n) is 3.40. The summed E-state index contributed by atoms with van der Waals surface area (Å²) in [5, 5.41) is 3.92. The van der Waals surface area contributed by atoms with E-state index < -0.39 is 0 Å². The van der Waals surface area contributed by atoms with Gasteiger partial charge in [0.05, 0.1) is 16.7 Å². The average molecular weight is 392 g/mol. The second kappa shape index (κ2) is 7.52. The van der Waals surface area contributed by atoms with Gasteiger partial charge in [0.15, 0.2) is 0 Å². The normalized spacial score (nSPS) is 11.1. The lowest BCUT2D eigenvalue weighted by atomic mass is 10.1. The molecule has 6 nitrogen and oxygen atoms in total. The van der Waals surface area contributed by atoms with Crippen LogP contribution in [0.5, 0.6) is 0 Å². The summed E-state index contributed by atoms with van der Waals surface area (Å²) >= 11 is 4.03. The van der Waals surface area contributed by atoms with Crippen molar-refractivity contribution < 1.29 is 4.79 Å². The second-order valence-corrected chi connectivity index (χ2v) is 7.22. The van der Waals surface area contributed by atoms with Crippen molar-refractivity contribution in [1.29, 1.82) is 0 Å². The van der Waals surface area contributed by atoms with Gasteiger partial charge in [-0.1, -0.05) is 61.3 Å². The number of carbonyl (C=O) groups excluding carboxylic acids is 1. The molecule has 28 heavy (non-hydrogen) atoms. The summed E-state index contributed by atoms with van der Waals surface area (Å²) in [7, 11) is 1.60. The summed E-state index contributed by atoms with van der Waals surface area (Å²) < 4.78 is 3.40. The predicted molar refractivity (Wildman–Crippen MR) is 115 cm³/mol. The zero-order chi connectivity index (χ0) is 19.7. The van der Waals surface area contributed by atoms with Crippen LogP contribution in [-0.4, -0.2) is 38.5 Å². The molecule has 4 aromatic rings. The third-order valence-electron chi connectivity index (χ3n) is 4.70. The molecule has 7 heteroatoms. The molecule has 0 aliphatic carbocycles. The van der Waals surface area contributed by atoms with Crippen molar-refractivity contribution in [3.63, 3.8) is 0 Å². The molecule has 142 valence electrons. The summed E-state index contributed by atoms with van der Waals surface area (Å²) in [4.78, 5) is 21.5. The van der Waals surface area contributed by atoms with E-state index in [2.05, 4.69) is 28.8 Å². The van der Waals surface area contributed by atoms with Crippen molar-refractivity contribution in [3.8, 4) is 11.4 Å². The highest BCUT2D eigenvalue weighted by molar-refractivity contribution is 7.78. The highest BCUT2D eigenvalue weighted by Gasteiger charge is 2.18. The third-order valence-corrected chi connectivity index (χ3v) is 4.88. The number of aromatic nitrogens is 3. The van der Waals surface area contributed by atoms with Crippen molar-refractivity contribution in [3.05, 3.63) is 60.3 Å². The van der Waals surface area contributed by atoms with Crippen LogP contribution >= 0.6 is 12.8 Å². The lowest BCUT2D eigenvalue weighted by Crippen LogP contribution is -2.33. The molecule has 0 aliphatic heterocycles.